The molecule has 2 aromatic heterocycles. The van der Waals surface area contributed by atoms with Crippen LogP contribution in [0.25, 0.3) is 5.69 Å². The van der Waals surface area contributed by atoms with Gasteiger partial charge in [0.1, 0.15) is 11.5 Å². The van der Waals surface area contributed by atoms with Crippen LogP contribution in [0.2, 0.25) is 5.02 Å². The molecule has 0 radical (unpaired) electrons. The lowest BCUT2D eigenvalue weighted by molar-refractivity contribution is 0.394. The van der Waals surface area contributed by atoms with Gasteiger partial charge >= 0.3 is 0 Å². The summed E-state index contributed by atoms with van der Waals surface area (Å²) < 4.78 is 13.5. The van der Waals surface area contributed by atoms with E-state index >= 15 is 0 Å². The fraction of sp³-hybridized carbons (Fsp3) is 0.241. The molecule has 1 N–H and O–H groups in total. The summed E-state index contributed by atoms with van der Waals surface area (Å²) in [6.45, 7) is 6.46. The molecule has 5 rings (SSSR count). The average Bonchev–Trinajstić information content (AvgIpc) is 3.35. The number of aromatic nitrogens is 2. The maximum Gasteiger partial charge on any atom is 0.174 e. The Morgan fingerprint density at radius 3 is 2.43 bits per heavy atom. The maximum absolute atomic E-state index is 6.38. The van der Waals surface area contributed by atoms with Gasteiger partial charge in [-0.05, 0) is 81.0 Å². The molecular formula is C29H29ClN4O2S. The Hall–Kier alpha value is -3.55. The fourth-order valence-corrected chi connectivity index (χ4v) is 5.86. The van der Waals surface area contributed by atoms with E-state index in [-0.39, 0.29) is 12.1 Å². The van der Waals surface area contributed by atoms with E-state index in [9.17, 15) is 0 Å². The Balaban J connectivity index is 1.75. The Morgan fingerprint density at radius 2 is 1.76 bits per heavy atom. The highest BCUT2D eigenvalue weighted by Gasteiger charge is 2.44. The highest BCUT2D eigenvalue weighted by Crippen LogP contribution is 2.48. The van der Waals surface area contributed by atoms with Gasteiger partial charge in [0.15, 0.2) is 5.11 Å². The van der Waals surface area contributed by atoms with Crippen LogP contribution in [0.1, 0.15) is 40.3 Å². The van der Waals surface area contributed by atoms with E-state index in [4.69, 9.17) is 38.3 Å². The van der Waals surface area contributed by atoms with Crippen molar-refractivity contribution in [1.29, 1.82) is 0 Å². The summed E-state index contributed by atoms with van der Waals surface area (Å²) in [6.07, 6.45) is 1.82. The molecule has 6 nitrogen and oxygen atoms in total. The molecule has 0 spiro atoms. The first-order chi connectivity index (χ1) is 17.8. The molecule has 3 heterocycles. The molecule has 190 valence electrons. The number of ether oxygens (including phenoxy) is 2. The molecular weight excluding hydrogens is 504 g/mol. The number of hydrogen-bond donors (Lipinski definition) is 1. The number of halogens is 1. The van der Waals surface area contributed by atoms with E-state index in [1.807, 2.05) is 60.8 Å². The van der Waals surface area contributed by atoms with Crippen LogP contribution in [0.4, 0.5) is 5.69 Å². The third-order valence-corrected chi connectivity index (χ3v) is 7.66. The monoisotopic (exact) mass is 532 g/mol. The number of hydrogen-bond acceptors (Lipinski definition) is 4. The maximum atomic E-state index is 6.38. The molecule has 0 unspecified atom stereocenters. The van der Waals surface area contributed by atoms with Crippen LogP contribution in [0.5, 0.6) is 11.5 Å². The van der Waals surface area contributed by atoms with Crippen LogP contribution >= 0.6 is 23.8 Å². The molecule has 0 amide bonds. The van der Waals surface area contributed by atoms with Crippen molar-refractivity contribution in [3.63, 3.8) is 0 Å². The minimum Gasteiger partial charge on any atom is -0.497 e. The fourth-order valence-electron chi connectivity index (χ4n) is 5.34. The zero-order valence-corrected chi connectivity index (χ0v) is 23.0. The lowest BCUT2D eigenvalue weighted by Crippen LogP contribution is -2.30. The first-order valence-electron chi connectivity index (χ1n) is 12.0. The molecule has 8 heteroatoms. The number of pyridine rings is 1. The molecule has 2 aromatic carbocycles. The first kappa shape index (κ1) is 25.1. The Bertz CT molecular complexity index is 1470. The average molecular weight is 533 g/mol. The van der Waals surface area contributed by atoms with Crippen molar-refractivity contribution in [2.75, 3.05) is 19.1 Å². The van der Waals surface area contributed by atoms with Gasteiger partial charge in [0.05, 0.1) is 37.7 Å². The van der Waals surface area contributed by atoms with Crippen molar-refractivity contribution < 1.29 is 9.47 Å². The largest absolute Gasteiger partial charge is 0.497 e. The lowest BCUT2D eigenvalue weighted by Gasteiger charge is -2.30. The number of nitrogens with zero attached hydrogens (tertiary/aromatic N) is 3. The van der Waals surface area contributed by atoms with Crippen LogP contribution < -0.4 is 19.7 Å². The zero-order valence-electron chi connectivity index (χ0n) is 21.4. The summed E-state index contributed by atoms with van der Waals surface area (Å²) in [5.74, 6) is 1.39. The number of anilines is 1. The second kappa shape index (κ2) is 10.1. The van der Waals surface area contributed by atoms with Crippen LogP contribution in [0, 0.1) is 20.8 Å². The Morgan fingerprint density at radius 1 is 0.946 bits per heavy atom. The smallest absolute Gasteiger partial charge is 0.174 e. The second-order valence-corrected chi connectivity index (χ2v) is 9.88. The third kappa shape index (κ3) is 4.32. The number of nitrogens with one attached hydrogen (secondary N) is 1. The normalized spacial score (nSPS) is 17.1. The topological polar surface area (TPSA) is 51.5 Å². The summed E-state index contributed by atoms with van der Waals surface area (Å²) in [7, 11) is 3.30. The van der Waals surface area contributed by atoms with E-state index < -0.39 is 0 Å². The van der Waals surface area contributed by atoms with Gasteiger partial charge in [0.2, 0.25) is 0 Å². The van der Waals surface area contributed by atoms with E-state index in [1.165, 1.54) is 11.1 Å². The zero-order chi connectivity index (χ0) is 26.3. The molecule has 37 heavy (non-hydrogen) atoms. The SMILES string of the molecule is COc1ccc(N2C(=S)N[C@@H](c3ccccn3)[C@@H]2c2c(C)c(C)n(-c3cccc(Cl)c3)c2C)c(OC)c1. The Labute approximate surface area is 227 Å². The van der Waals surface area contributed by atoms with Gasteiger partial charge in [-0.1, -0.05) is 23.7 Å². The summed E-state index contributed by atoms with van der Waals surface area (Å²) in [4.78, 5) is 6.85. The molecule has 4 aromatic rings. The Kier molecular flexibility index (Phi) is 6.84. The highest BCUT2D eigenvalue weighted by atomic mass is 35.5. The van der Waals surface area contributed by atoms with Gasteiger partial charge in [-0.3, -0.25) is 4.98 Å². The summed E-state index contributed by atoms with van der Waals surface area (Å²) in [5.41, 5.74) is 7.42. The summed E-state index contributed by atoms with van der Waals surface area (Å²) >= 11 is 12.3. The minimum atomic E-state index is -0.177. The summed E-state index contributed by atoms with van der Waals surface area (Å²) in [6, 6.07) is 19.3. The number of benzene rings is 2. The second-order valence-electron chi connectivity index (χ2n) is 9.06. The number of thiocarbonyl (C=S) groups is 1. The number of rotatable bonds is 6. The summed E-state index contributed by atoms with van der Waals surface area (Å²) in [5, 5.41) is 4.86. The molecule has 1 saturated heterocycles. The van der Waals surface area contributed by atoms with Crippen LogP contribution in [-0.4, -0.2) is 28.9 Å². The standard InChI is InChI=1S/C29H29ClN4O2S/c1-17-18(2)33(21-10-8-9-20(30)15-21)19(3)26(17)28-27(23-11-6-7-14-31-23)32-29(37)34(28)24-13-12-22(35-4)16-25(24)36-5/h6-16,27-28H,1-5H3,(H,32,37)/t27-,28-/m0/s1. The van der Waals surface area contributed by atoms with E-state index in [1.54, 1.807) is 14.2 Å². The number of methoxy groups -OCH3 is 2. The van der Waals surface area contributed by atoms with Crippen molar-refractivity contribution >= 4 is 34.6 Å². The van der Waals surface area contributed by atoms with Gasteiger partial charge in [-0.2, -0.15) is 0 Å². The van der Waals surface area contributed by atoms with Crippen molar-refractivity contribution in [1.82, 2.24) is 14.9 Å². The quantitative estimate of drug-likeness (QED) is 0.281. The van der Waals surface area contributed by atoms with Crippen LogP contribution in [0.3, 0.4) is 0 Å². The molecule has 0 aliphatic carbocycles. The molecule has 1 aliphatic rings. The van der Waals surface area contributed by atoms with Crippen molar-refractivity contribution in [2.45, 2.75) is 32.9 Å². The molecule has 0 bridgehead atoms. The van der Waals surface area contributed by atoms with E-state index in [2.05, 4.69) is 41.6 Å². The van der Waals surface area contributed by atoms with Crippen molar-refractivity contribution in [2.24, 2.45) is 0 Å². The van der Waals surface area contributed by atoms with Crippen molar-refractivity contribution in [3.8, 4) is 17.2 Å². The molecule has 0 saturated carbocycles. The predicted molar refractivity (Wildman–Crippen MR) is 152 cm³/mol. The highest BCUT2D eigenvalue weighted by molar-refractivity contribution is 7.80. The van der Waals surface area contributed by atoms with Crippen LogP contribution in [-0.2, 0) is 0 Å². The van der Waals surface area contributed by atoms with Gasteiger partial charge < -0.3 is 24.3 Å². The van der Waals surface area contributed by atoms with Crippen molar-refractivity contribution in [3.05, 3.63) is 100 Å². The lowest BCUT2D eigenvalue weighted by atomic mass is 9.93. The minimum absolute atomic E-state index is 0.174. The first-order valence-corrected chi connectivity index (χ1v) is 12.8. The van der Waals surface area contributed by atoms with Gasteiger partial charge in [-0.25, -0.2) is 0 Å². The third-order valence-electron chi connectivity index (χ3n) is 7.11. The van der Waals surface area contributed by atoms with Gasteiger partial charge in [0.25, 0.3) is 0 Å². The molecule has 2 atom stereocenters. The predicted octanol–water partition coefficient (Wildman–Crippen LogP) is 6.65. The van der Waals surface area contributed by atoms with E-state index in [0.717, 1.165) is 28.5 Å². The molecule has 1 aliphatic heterocycles. The van der Waals surface area contributed by atoms with Crippen LogP contribution in [0.15, 0.2) is 66.9 Å². The van der Waals surface area contributed by atoms with Gasteiger partial charge in [0, 0.05) is 39.9 Å². The van der Waals surface area contributed by atoms with E-state index in [0.29, 0.717) is 21.6 Å². The molecule has 1 fully saturated rings. The van der Waals surface area contributed by atoms with Gasteiger partial charge in [-0.15, -0.1) is 0 Å².